The van der Waals surface area contributed by atoms with E-state index in [2.05, 4.69) is 15.6 Å². The highest BCUT2D eigenvalue weighted by molar-refractivity contribution is 6.36. The fourth-order valence-electron chi connectivity index (χ4n) is 3.13. The van der Waals surface area contributed by atoms with Crippen molar-refractivity contribution >= 4 is 29.1 Å². The predicted molar refractivity (Wildman–Crippen MR) is 104 cm³/mol. The van der Waals surface area contributed by atoms with Crippen molar-refractivity contribution < 1.29 is 9.21 Å². The number of aromatic nitrogens is 1. The molecule has 1 amide bonds. The zero-order valence-electron chi connectivity index (χ0n) is 14.6. The Labute approximate surface area is 163 Å². The van der Waals surface area contributed by atoms with Crippen molar-refractivity contribution in [3.05, 3.63) is 40.3 Å². The Kier molecular flexibility index (Phi) is 6.94. The highest BCUT2D eigenvalue weighted by Gasteiger charge is 2.14. The Bertz CT molecular complexity index is 742. The van der Waals surface area contributed by atoms with Crippen LogP contribution in [0.25, 0.3) is 11.3 Å². The van der Waals surface area contributed by atoms with Crippen LogP contribution in [0.5, 0.6) is 0 Å². The minimum absolute atomic E-state index is 0.0260. The van der Waals surface area contributed by atoms with Gasteiger partial charge in [0.1, 0.15) is 0 Å². The first-order chi connectivity index (χ1) is 12.6. The zero-order valence-corrected chi connectivity index (χ0v) is 16.1. The van der Waals surface area contributed by atoms with Crippen molar-refractivity contribution in [1.82, 2.24) is 15.6 Å². The van der Waals surface area contributed by atoms with Gasteiger partial charge < -0.3 is 15.1 Å². The Morgan fingerprint density at radius 3 is 3.04 bits per heavy atom. The molecule has 1 aromatic carbocycles. The highest BCUT2D eigenvalue weighted by Crippen LogP contribution is 2.30. The molecule has 2 aromatic rings. The standard InChI is InChI=1S/C19H23Cl2N3O2/c20-14-3-4-15(16(21)10-14)17-12-24-19(26-17)6-5-18(25)23-9-7-13-2-1-8-22-11-13/h3-4,10,12-13,22H,1-2,5-9,11H2,(H,23,25). The number of carbonyl (C=O) groups is 1. The third-order valence-electron chi connectivity index (χ3n) is 4.59. The zero-order chi connectivity index (χ0) is 18.4. The number of carbonyl (C=O) groups excluding carboxylic acids is 1. The number of benzene rings is 1. The van der Waals surface area contributed by atoms with Crippen LogP contribution in [0, 0.1) is 5.92 Å². The molecular formula is C19H23Cl2N3O2. The van der Waals surface area contributed by atoms with Crippen LogP contribution in [0.15, 0.2) is 28.8 Å². The van der Waals surface area contributed by atoms with E-state index in [1.165, 1.54) is 12.8 Å². The van der Waals surface area contributed by atoms with E-state index in [0.717, 1.165) is 31.6 Å². The molecular weight excluding hydrogens is 373 g/mol. The molecule has 1 unspecified atom stereocenters. The lowest BCUT2D eigenvalue weighted by atomic mass is 9.96. The summed E-state index contributed by atoms with van der Waals surface area (Å²) in [5, 5.41) is 7.45. The molecule has 1 aromatic heterocycles. The highest BCUT2D eigenvalue weighted by atomic mass is 35.5. The molecule has 7 heteroatoms. The monoisotopic (exact) mass is 395 g/mol. The van der Waals surface area contributed by atoms with Crippen LogP contribution < -0.4 is 10.6 Å². The maximum Gasteiger partial charge on any atom is 0.220 e. The van der Waals surface area contributed by atoms with E-state index in [4.69, 9.17) is 27.6 Å². The molecule has 0 aliphatic carbocycles. The summed E-state index contributed by atoms with van der Waals surface area (Å²) in [6.45, 7) is 2.90. The summed E-state index contributed by atoms with van der Waals surface area (Å²) < 4.78 is 5.71. The molecule has 1 aliphatic rings. The maximum atomic E-state index is 12.0. The van der Waals surface area contributed by atoms with E-state index < -0.39 is 0 Å². The summed E-state index contributed by atoms with van der Waals surface area (Å²) in [4.78, 5) is 16.2. The molecule has 26 heavy (non-hydrogen) atoms. The molecule has 2 heterocycles. The van der Waals surface area contributed by atoms with Crippen LogP contribution in [0.4, 0.5) is 0 Å². The Hall–Kier alpha value is -1.56. The molecule has 140 valence electrons. The number of oxazole rings is 1. The van der Waals surface area contributed by atoms with Crippen LogP contribution in [-0.2, 0) is 11.2 Å². The van der Waals surface area contributed by atoms with Gasteiger partial charge in [-0.25, -0.2) is 4.98 Å². The van der Waals surface area contributed by atoms with Crippen LogP contribution in [0.3, 0.4) is 0 Å². The lowest BCUT2D eigenvalue weighted by Gasteiger charge is -2.22. The van der Waals surface area contributed by atoms with Crippen molar-refractivity contribution in [2.45, 2.75) is 32.1 Å². The summed E-state index contributed by atoms with van der Waals surface area (Å²) in [5.74, 6) is 1.80. The van der Waals surface area contributed by atoms with Crippen LogP contribution in [-0.4, -0.2) is 30.5 Å². The molecule has 1 fully saturated rings. The maximum absolute atomic E-state index is 12.0. The average Bonchev–Trinajstić information content (AvgIpc) is 3.09. The van der Waals surface area contributed by atoms with Gasteiger partial charge in [-0.2, -0.15) is 0 Å². The number of nitrogens with one attached hydrogen (secondary N) is 2. The largest absolute Gasteiger partial charge is 0.441 e. The number of amides is 1. The SMILES string of the molecule is O=C(CCc1ncc(-c2ccc(Cl)cc2Cl)o1)NCCC1CCCNC1. The average molecular weight is 396 g/mol. The number of hydrogen-bond donors (Lipinski definition) is 2. The van der Waals surface area contributed by atoms with Gasteiger partial charge in [-0.15, -0.1) is 0 Å². The molecule has 0 radical (unpaired) electrons. The summed E-state index contributed by atoms with van der Waals surface area (Å²) in [5.41, 5.74) is 0.736. The quantitative estimate of drug-likeness (QED) is 0.740. The lowest BCUT2D eigenvalue weighted by Crippen LogP contribution is -2.33. The van der Waals surface area contributed by atoms with Gasteiger partial charge in [0.2, 0.25) is 5.91 Å². The molecule has 0 bridgehead atoms. The van der Waals surface area contributed by atoms with Crippen molar-refractivity contribution in [3.8, 4) is 11.3 Å². The predicted octanol–water partition coefficient (Wildman–Crippen LogP) is 4.09. The topological polar surface area (TPSA) is 67.2 Å². The van der Waals surface area contributed by atoms with Crippen LogP contribution >= 0.6 is 23.2 Å². The van der Waals surface area contributed by atoms with Gasteiger partial charge in [0.15, 0.2) is 11.7 Å². The lowest BCUT2D eigenvalue weighted by molar-refractivity contribution is -0.121. The fourth-order valence-corrected chi connectivity index (χ4v) is 3.64. The first-order valence-corrected chi connectivity index (χ1v) is 9.75. The van der Waals surface area contributed by atoms with Crippen molar-refractivity contribution in [1.29, 1.82) is 0 Å². The first kappa shape index (κ1) is 19.2. The molecule has 0 saturated carbocycles. The first-order valence-electron chi connectivity index (χ1n) is 8.99. The van der Waals surface area contributed by atoms with Gasteiger partial charge in [-0.1, -0.05) is 23.2 Å². The van der Waals surface area contributed by atoms with Gasteiger partial charge in [0.05, 0.1) is 11.2 Å². The van der Waals surface area contributed by atoms with E-state index in [1.54, 1.807) is 24.4 Å². The molecule has 1 atom stereocenters. The molecule has 3 rings (SSSR count). The van der Waals surface area contributed by atoms with Gasteiger partial charge in [0.25, 0.3) is 0 Å². The second-order valence-electron chi connectivity index (χ2n) is 6.59. The molecule has 0 spiro atoms. The van der Waals surface area contributed by atoms with Gasteiger partial charge >= 0.3 is 0 Å². The number of halogens is 2. The Morgan fingerprint density at radius 1 is 1.38 bits per heavy atom. The number of hydrogen-bond acceptors (Lipinski definition) is 4. The number of nitrogens with zero attached hydrogens (tertiary/aromatic N) is 1. The summed E-state index contributed by atoms with van der Waals surface area (Å²) >= 11 is 12.1. The molecule has 2 N–H and O–H groups in total. The normalized spacial score (nSPS) is 17.2. The van der Waals surface area contributed by atoms with Gasteiger partial charge in [-0.05, 0) is 56.5 Å². The minimum Gasteiger partial charge on any atom is -0.441 e. The van der Waals surface area contributed by atoms with Crippen molar-refractivity contribution in [2.24, 2.45) is 5.92 Å². The second-order valence-corrected chi connectivity index (χ2v) is 7.44. The van der Waals surface area contributed by atoms with E-state index in [9.17, 15) is 4.79 Å². The van der Waals surface area contributed by atoms with Crippen molar-refractivity contribution in [3.63, 3.8) is 0 Å². The Balaban J connectivity index is 1.43. The van der Waals surface area contributed by atoms with Crippen LogP contribution in [0.1, 0.15) is 31.6 Å². The second kappa shape index (κ2) is 9.40. The van der Waals surface area contributed by atoms with Crippen molar-refractivity contribution in [2.75, 3.05) is 19.6 Å². The van der Waals surface area contributed by atoms with E-state index in [1.807, 2.05) is 0 Å². The van der Waals surface area contributed by atoms with Gasteiger partial charge in [0, 0.05) is 30.0 Å². The van der Waals surface area contributed by atoms with E-state index in [-0.39, 0.29) is 5.91 Å². The fraction of sp³-hybridized carbons (Fsp3) is 0.474. The third kappa shape index (κ3) is 5.47. The summed E-state index contributed by atoms with van der Waals surface area (Å²) in [6, 6.07) is 5.21. The molecule has 5 nitrogen and oxygen atoms in total. The smallest absolute Gasteiger partial charge is 0.220 e. The Morgan fingerprint density at radius 2 is 2.27 bits per heavy atom. The van der Waals surface area contributed by atoms with Gasteiger partial charge in [-0.3, -0.25) is 4.79 Å². The number of aryl methyl sites for hydroxylation is 1. The molecule has 1 aliphatic heterocycles. The minimum atomic E-state index is 0.0260. The number of rotatable bonds is 7. The summed E-state index contributed by atoms with van der Waals surface area (Å²) in [7, 11) is 0. The van der Waals surface area contributed by atoms with E-state index in [0.29, 0.717) is 40.5 Å². The van der Waals surface area contributed by atoms with Crippen LogP contribution in [0.2, 0.25) is 10.0 Å². The molecule has 1 saturated heterocycles. The third-order valence-corrected chi connectivity index (χ3v) is 5.14. The number of piperidine rings is 1. The summed E-state index contributed by atoms with van der Waals surface area (Å²) in [6.07, 6.45) is 5.94. The van der Waals surface area contributed by atoms with E-state index >= 15 is 0 Å².